The summed E-state index contributed by atoms with van der Waals surface area (Å²) in [6.07, 6.45) is 5.49. The predicted octanol–water partition coefficient (Wildman–Crippen LogP) is 3.87. The molecule has 1 aliphatic heterocycles. The number of fused-ring (bicyclic) bond motifs is 1. The number of hydrogen-bond donors (Lipinski definition) is 1. The van der Waals surface area contributed by atoms with E-state index in [1.54, 1.807) is 0 Å². The van der Waals surface area contributed by atoms with Crippen molar-refractivity contribution in [3.8, 4) is 0 Å². The molecule has 0 bridgehead atoms. The molecule has 0 spiro atoms. The van der Waals surface area contributed by atoms with E-state index in [1.165, 1.54) is 61.0 Å². The quantitative estimate of drug-likeness (QED) is 0.812. The molecule has 0 unspecified atom stereocenters. The van der Waals surface area contributed by atoms with E-state index in [1.807, 2.05) is 11.3 Å². The Morgan fingerprint density at radius 1 is 1.10 bits per heavy atom. The molecule has 1 N–H and O–H groups in total. The average molecular weight is 288 g/mol. The van der Waals surface area contributed by atoms with E-state index in [9.17, 15) is 0 Å². The molecule has 0 amide bonds. The molecule has 2 aromatic rings. The van der Waals surface area contributed by atoms with Crippen LogP contribution in [0.5, 0.6) is 0 Å². The third kappa shape index (κ3) is 3.60. The van der Waals surface area contributed by atoms with Crippen LogP contribution in [-0.4, -0.2) is 31.1 Å². The maximum atomic E-state index is 3.60. The monoisotopic (exact) mass is 288 g/mol. The fourth-order valence-corrected chi connectivity index (χ4v) is 3.97. The van der Waals surface area contributed by atoms with Crippen LogP contribution in [0.3, 0.4) is 0 Å². The minimum absolute atomic E-state index is 1.00. The number of hydrogen-bond acceptors (Lipinski definition) is 3. The highest BCUT2D eigenvalue weighted by molar-refractivity contribution is 7.17. The molecule has 0 radical (unpaired) electrons. The molecule has 1 fully saturated rings. The number of thiophene rings is 1. The third-order valence-corrected chi connectivity index (χ3v) is 5.17. The minimum atomic E-state index is 1.00. The van der Waals surface area contributed by atoms with Gasteiger partial charge in [0.1, 0.15) is 0 Å². The van der Waals surface area contributed by atoms with E-state index in [0.29, 0.717) is 0 Å². The summed E-state index contributed by atoms with van der Waals surface area (Å²) in [4.78, 5) is 2.62. The van der Waals surface area contributed by atoms with Gasteiger partial charge in [-0.15, -0.1) is 11.3 Å². The summed E-state index contributed by atoms with van der Waals surface area (Å²) in [6.45, 7) is 6.02. The fourth-order valence-electron chi connectivity index (χ4n) is 3.00. The van der Waals surface area contributed by atoms with Gasteiger partial charge in [-0.1, -0.05) is 24.6 Å². The molecular weight excluding hydrogens is 264 g/mol. The second kappa shape index (κ2) is 7.21. The van der Waals surface area contributed by atoms with Gasteiger partial charge in [-0.3, -0.25) is 0 Å². The first-order chi connectivity index (χ1) is 9.93. The molecule has 3 rings (SSSR count). The summed E-state index contributed by atoms with van der Waals surface area (Å²) in [5.41, 5.74) is 1.45. The van der Waals surface area contributed by atoms with Crippen LogP contribution < -0.4 is 5.32 Å². The SMILES string of the molecule is c1ccc2c(CNCCCN3CCCCC3)csc2c1. The number of piperidine rings is 1. The standard InChI is InChI=1S/C17H24N2S/c1-4-10-19(11-5-1)12-6-9-18-13-15-14-20-17-8-3-2-7-16(15)17/h2-3,7-8,14,18H,1,4-6,9-13H2. The molecule has 3 heteroatoms. The van der Waals surface area contributed by atoms with Crippen LogP contribution in [0, 0.1) is 0 Å². The van der Waals surface area contributed by atoms with E-state index < -0.39 is 0 Å². The third-order valence-electron chi connectivity index (χ3n) is 4.15. The lowest BCUT2D eigenvalue weighted by atomic mass is 10.1. The van der Waals surface area contributed by atoms with Gasteiger partial charge in [-0.05, 0) is 67.8 Å². The van der Waals surface area contributed by atoms with Crippen molar-refractivity contribution in [3.63, 3.8) is 0 Å². The van der Waals surface area contributed by atoms with Crippen LogP contribution in [0.1, 0.15) is 31.2 Å². The van der Waals surface area contributed by atoms with Crippen molar-refractivity contribution in [2.45, 2.75) is 32.2 Å². The molecule has 2 heterocycles. The largest absolute Gasteiger partial charge is 0.313 e. The highest BCUT2D eigenvalue weighted by Crippen LogP contribution is 2.25. The minimum Gasteiger partial charge on any atom is -0.313 e. The Kier molecular flexibility index (Phi) is 5.06. The van der Waals surface area contributed by atoms with Crippen molar-refractivity contribution in [3.05, 3.63) is 35.2 Å². The normalized spacial score (nSPS) is 16.8. The Morgan fingerprint density at radius 2 is 1.95 bits per heavy atom. The zero-order valence-electron chi connectivity index (χ0n) is 12.1. The van der Waals surface area contributed by atoms with Gasteiger partial charge in [0.25, 0.3) is 0 Å². The maximum Gasteiger partial charge on any atom is 0.0346 e. The molecule has 108 valence electrons. The lowest BCUT2D eigenvalue weighted by molar-refractivity contribution is 0.225. The molecule has 1 saturated heterocycles. The van der Waals surface area contributed by atoms with Crippen LogP contribution in [0.4, 0.5) is 0 Å². The molecule has 20 heavy (non-hydrogen) atoms. The Labute approximate surface area is 125 Å². The smallest absolute Gasteiger partial charge is 0.0346 e. The first-order valence-corrected chi connectivity index (χ1v) is 8.69. The Balaban J connectivity index is 1.39. The van der Waals surface area contributed by atoms with Crippen molar-refractivity contribution in [2.24, 2.45) is 0 Å². The summed E-state index contributed by atoms with van der Waals surface area (Å²) in [5.74, 6) is 0. The van der Waals surface area contributed by atoms with E-state index >= 15 is 0 Å². The molecule has 1 aromatic carbocycles. The van der Waals surface area contributed by atoms with Gasteiger partial charge in [0.05, 0.1) is 0 Å². The zero-order valence-corrected chi connectivity index (χ0v) is 12.9. The fraction of sp³-hybridized carbons (Fsp3) is 0.529. The van der Waals surface area contributed by atoms with Crippen LogP contribution in [0.2, 0.25) is 0 Å². The lowest BCUT2D eigenvalue weighted by Crippen LogP contribution is -2.32. The van der Waals surface area contributed by atoms with Gasteiger partial charge in [-0.25, -0.2) is 0 Å². The van der Waals surface area contributed by atoms with E-state index in [-0.39, 0.29) is 0 Å². The molecule has 2 nitrogen and oxygen atoms in total. The number of benzene rings is 1. The van der Waals surface area contributed by atoms with Crippen molar-refractivity contribution in [1.29, 1.82) is 0 Å². The number of nitrogens with zero attached hydrogens (tertiary/aromatic N) is 1. The second-order valence-electron chi connectivity index (χ2n) is 5.69. The van der Waals surface area contributed by atoms with Gasteiger partial charge in [0.2, 0.25) is 0 Å². The van der Waals surface area contributed by atoms with Gasteiger partial charge in [-0.2, -0.15) is 0 Å². The molecule has 0 atom stereocenters. The second-order valence-corrected chi connectivity index (χ2v) is 6.60. The average Bonchev–Trinajstić information content (AvgIpc) is 2.91. The topological polar surface area (TPSA) is 15.3 Å². The van der Waals surface area contributed by atoms with Gasteiger partial charge < -0.3 is 10.2 Å². The van der Waals surface area contributed by atoms with Crippen LogP contribution in [-0.2, 0) is 6.54 Å². The Hall–Kier alpha value is -0.900. The molecule has 0 aliphatic carbocycles. The maximum absolute atomic E-state index is 3.60. The summed E-state index contributed by atoms with van der Waals surface area (Å²) in [6, 6.07) is 8.69. The number of rotatable bonds is 6. The number of likely N-dealkylation sites (tertiary alicyclic amines) is 1. The van der Waals surface area contributed by atoms with Gasteiger partial charge >= 0.3 is 0 Å². The first kappa shape index (κ1) is 14.1. The molecular formula is C17H24N2S. The lowest BCUT2D eigenvalue weighted by Gasteiger charge is -2.26. The molecule has 0 saturated carbocycles. The predicted molar refractivity (Wildman–Crippen MR) is 88.4 cm³/mol. The van der Waals surface area contributed by atoms with Crippen molar-refractivity contribution < 1.29 is 0 Å². The van der Waals surface area contributed by atoms with Crippen molar-refractivity contribution in [2.75, 3.05) is 26.2 Å². The summed E-state index contributed by atoms with van der Waals surface area (Å²) in [7, 11) is 0. The van der Waals surface area contributed by atoms with Crippen LogP contribution in [0.15, 0.2) is 29.6 Å². The first-order valence-electron chi connectivity index (χ1n) is 7.82. The van der Waals surface area contributed by atoms with Crippen LogP contribution in [0.25, 0.3) is 10.1 Å². The highest BCUT2D eigenvalue weighted by Gasteiger charge is 2.08. The summed E-state index contributed by atoms with van der Waals surface area (Å²) < 4.78 is 1.40. The number of nitrogens with one attached hydrogen (secondary N) is 1. The summed E-state index contributed by atoms with van der Waals surface area (Å²) >= 11 is 1.85. The zero-order chi connectivity index (χ0) is 13.6. The Bertz CT molecular complexity index is 529. The van der Waals surface area contributed by atoms with Crippen LogP contribution >= 0.6 is 11.3 Å². The van der Waals surface area contributed by atoms with Gasteiger partial charge in [0.15, 0.2) is 0 Å². The van der Waals surface area contributed by atoms with Gasteiger partial charge in [0, 0.05) is 11.2 Å². The van der Waals surface area contributed by atoms with Crippen molar-refractivity contribution in [1.82, 2.24) is 10.2 Å². The van der Waals surface area contributed by atoms with E-state index in [2.05, 4.69) is 39.9 Å². The molecule has 1 aliphatic rings. The summed E-state index contributed by atoms with van der Waals surface area (Å²) in [5, 5.41) is 7.31. The van der Waals surface area contributed by atoms with E-state index in [4.69, 9.17) is 0 Å². The van der Waals surface area contributed by atoms with E-state index in [0.717, 1.165) is 13.1 Å². The molecule has 1 aromatic heterocycles. The highest BCUT2D eigenvalue weighted by atomic mass is 32.1. The van der Waals surface area contributed by atoms with Crippen molar-refractivity contribution >= 4 is 21.4 Å². The Morgan fingerprint density at radius 3 is 2.85 bits per heavy atom.